The molecule has 0 amide bonds. The van der Waals surface area contributed by atoms with Gasteiger partial charge in [0.2, 0.25) is 0 Å². The monoisotopic (exact) mass is 268 g/mol. The van der Waals surface area contributed by atoms with Crippen molar-refractivity contribution in [2.24, 2.45) is 0 Å². The zero-order valence-corrected chi connectivity index (χ0v) is 10.7. The largest absolute Gasteiger partial charge is 0.221 e. The van der Waals surface area contributed by atoms with Gasteiger partial charge < -0.3 is 0 Å². The highest BCUT2D eigenvalue weighted by Gasteiger charge is 2.31. The van der Waals surface area contributed by atoms with Gasteiger partial charge in [0.25, 0.3) is 0 Å². The van der Waals surface area contributed by atoms with Gasteiger partial charge in [-0.05, 0) is 37.1 Å². The Hall–Kier alpha value is -2.30. The van der Waals surface area contributed by atoms with Gasteiger partial charge in [0.15, 0.2) is 5.15 Å². The standard InChI is InChI=1S/C14H9ClN4/c15-14-12(8-17)13(10-3-4-10)18-19(14)11-5-1-9(7-16)2-6-11/h1-2,5-6,10H,3-4H2. The van der Waals surface area contributed by atoms with Crippen LogP contribution in [0.3, 0.4) is 0 Å². The number of halogens is 1. The molecule has 0 spiro atoms. The van der Waals surface area contributed by atoms with Gasteiger partial charge in [-0.15, -0.1) is 0 Å². The maximum Gasteiger partial charge on any atom is 0.150 e. The molecule has 1 fully saturated rings. The average Bonchev–Trinajstić information content (AvgIpc) is 3.23. The van der Waals surface area contributed by atoms with Crippen LogP contribution in [0.2, 0.25) is 5.15 Å². The summed E-state index contributed by atoms with van der Waals surface area (Å²) < 4.78 is 1.56. The maximum absolute atomic E-state index is 9.19. The summed E-state index contributed by atoms with van der Waals surface area (Å²) in [5, 5.41) is 22.8. The highest BCUT2D eigenvalue weighted by Crippen LogP contribution is 2.42. The van der Waals surface area contributed by atoms with Crippen LogP contribution < -0.4 is 0 Å². The summed E-state index contributed by atoms with van der Waals surface area (Å²) in [4.78, 5) is 0. The molecule has 0 aliphatic heterocycles. The van der Waals surface area contributed by atoms with E-state index in [1.165, 1.54) is 0 Å². The van der Waals surface area contributed by atoms with Gasteiger partial charge in [-0.2, -0.15) is 15.6 Å². The predicted octanol–water partition coefficient (Wildman–Crippen LogP) is 3.15. The van der Waals surface area contributed by atoms with Crippen LogP contribution in [-0.2, 0) is 0 Å². The molecule has 92 valence electrons. The molecular formula is C14H9ClN4. The third-order valence-electron chi connectivity index (χ3n) is 3.17. The maximum atomic E-state index is 9.19. The van der Waals surface area contributed by atoms with Crippen molar-refractivity contribution < 1.29 is 0 Å². The lowest BCUT2D eigenvalue weighted by molar-refractivity contribution is 0.837. The summed E-state index contributed by atoms with van der Waals surface area (Å²) in [6.45, 7) is 0. The molecule has 19 heavy (non-hydrogen) atoms. The Bertz CT molecular complexity index is 712. The molecular weight excluding hydrogens is 260 g/mol. The van der Waals surface area contributed by atoms with Crippen molar-refractivity contribution in [2.75, 3.05) is 0 Å². The molecule has 1 aromatic heterocycles. The van der Waals surface area contributed by atoms with E-state index in [-0.39, 0.29) is 0 Å². The third-order valence-corrected chi connectivity index (χ3v) is 3.52. The van der Waals surface area contributed by atoms with Gasteiger partial charge in [-0.1, -0.05) is 11.6 Å². The van der Waals surface area contributed by atoms with E-state index in [9.17, 15) is 5.26 Å². The van der Waals surface area contributed by atoms with Crippen molar-refractivity contribution >= 4 is 11.6 Å². The second kappa shape index (κ2) is 4.42. The lowest BCUT2D eigenvalue weighted by atomic mass is 10.2. The van der Waals surface area contributed by atoms with Crippen molar-refractivity contribution in [3.63, 3.8) is 0 Å². The SMILES string of the molecule is N#Cc1ccc(-n2nc(C3CC3)c(C#N)c2Cl)cc1. The number of benzene rings is 1. The average molecular weight is 269 g/mol. The Balaban J connectivity index is 2.10. The Morgan fingerprint density at radius 2 is 1.84 bits per heavy atom. The topological polar surface area (TPSA) is 65.4 Å². The zero-order valence-electron chi connectivity index (χ0n) is 9.97. The normalized spacial score (nSPS) is 13.8. The van der Waals surface area contributed by atoms with Crippen LogP contribution in [0.1, 0.15) is 35.6 Å². The van der Waals surface area contributed by atoms with Crippen LogP contribution in [0.5, 0.6) is 0 Å². The molecule has 1 aliphatic carbocycles. The van der Waals surface area contributed by atoms with Crippen molar-refractivity contribution in [2.45, 2.75) is 18.8 Å². The Labute approximate surface area is 115 Å². The first-order valence-corrected chi connectivity index (χ1v) is 6.31. The van der Waals surface area contributed by atoms with Gasteiger partial charge in [0.1, 0.15) is 11.6 Å². The van der Waals surface area contributed by atoms with Crippen LogP contribution in [0.25, 0.3) is 5.69 Å². The molecule has 0 saturated heterocycles. The molecule has 3 rings (SSSR count). The fourth-order valence-corrected chi connectivity index (χ4v) is 2.28. The first-order chi connectivity index (χ1) is 9.24. The molecule has 1 saturated carbocycles. The van der Waals surface area contributed by atoms with E-state index in [4.69, 9.17) is 16.9 Å². The summed E-state index contributed by atoms with van der Waals surface area (Å²) in [7, 11) is 0. The minimum atomic E-state index is 0.342. The van der Waals surface area contributed by atoms with E-state index in [1.807, 2.05) is 0 Å². The highest BCUT2D eigenvalue weighted by molar-refractivity contribution is 6.31. The minimum Gasteiger partial charge on any atom is -0.221 e. The van der Waals surface area contributed by atoms with Gasteiger partial charge >= 0.3 is 0 Å². The predicted molar refractivity (Wildman–Crippen MR) is 70.0 cm³/mol. The molecule has 0 radical (unpaired) electrons. The molecule has 2 aromatic rings. The number of aromatic nitrogens is 2. The number of hydrogen-bond acceptors (Lipinski definition) is 3. The molecule has 0 unspecified atom stereocenters. The Morgan fingerprint density at radius 3 is 2.37 bits per heavy atom. The van der Waals surface area contributed by atoms with Crippen molar-refractivity contribution in [3.05, 3.63) is 46.2 Å². The summed E-state index contributed by atoms with van der Waals surface area (Å²) in [6, 6.07) is 11.1. The van der Waals surface area contributed by atoms with Gasteiger partial charge in [-0.3, -0.25) is 0 Å². The number of rotatable bonds is 2. The van der Waals surface area contributed by atoms with E-state index in [2.05, 4.69) is 17.2 Å². The third kappa shape index (κ3) is 1.97. The Morgan fingerprint density at radius 1 is 1.16 bits per heavy atom. The Kier molecular flexibility index (Phi) is 2.74. The molecule has 0 atom stereocenters. The van der Waals surface area contributed by atoms with Gasteiger partial charge in [0, 0.05) is 5.92 Å². The molecule has 0 bridgehead atoms. The fraction of sp³-hybridized carbons (Fsp3) is 0.214. The smallest absolute Gasteiger partial charge is 0.150 e. The fourth-order valence-electron chi connectivity index (χ4n) is 2.01. The van der Waals surface area contributed by atoms with Crippen LogP contribution >= 0.6 is 11.6 Å². The number of nitrogens with zero attached hydrogens (tertiary/aromatic N) is 4. The minimum absolute atomic E-state index is 0.342. The molecule has 4 nitrogen and oxygen atoms in total. The van der Waals surface area contributed by atoms with E-state index >= 15 is 0 Å². The molecule has 1 aliphatic rings. The summed E-state index contributed by atoms with van der Waals surface area (Å²) in [6.07, 6.45) is 2.13. The van der Waals surface area contributed by atoms with Crippen molar-refractivity contribution in [1.29, 1.82) is 10.5 Å². The second-order valence-corrected chi connectivity index (χ2v) is 4.87. The van der Waals surface area contributed by atoms with Crippen LogP contribution in [-0.4, -0.2) is 9.78 Å². The van der Waals surface area contributed by atoms with Crippen LogP contribution in [0.15, 0.2) is 24.3 Å². The van der Waals surface area contributed by atoms with Crippen molar-refractivity contribution in [3.8, 4) is 17.8 Å². The first-order valence-electron chi connectivity index (χ1n) is 5.93. The van der Waals surface area contributed by atoms with Crippen molar-refractivity contribution in [1.82, 2.24) is 9.78 Å². The lowest BCUT2D eigenvalue weighted by Crippen LogP contribution is -1.97. The number of nitriles is 2. The van der Waals surface area contributed by atoms with Gasteiger partial charge in [-0.25, -0.2) is 4.68 Å². The summed E-state index contributed by atoms with van der Waals surface area (Å²) >= 11 is 6.22. The van der Waals surface area contributed by atoms with Crippen LogP contribution in [0, 0.1) is 22.7 Å². The summed E-state index contributed by atoms with van der Waals surface area (Å²) in [5.41, 5.74) is 2.59. The first kappa shape index (κ1) is 11.8. The van der Waals surface area contributed by atoms with Gasteiger partial charge in [0.05, 0.1) is 23.0 Å². The van der Waals surface area contributed by atoms with E-state index < -0.39 is 0 Å². The molecule has 0 N–H and O–H groups in total. The number of hydrogen-bond donors (Lipinski definition) is 0. The quantitative estimate of drug-likeness (QED) is 0.840. The van der Waals surface area contributed by atoms with E-state index in [0.29, 0.717) is 22.2 Å². The zero-order chi connectivity index (χ0) is 13.4. The second-order valence-electron chi connectivity index (χ2n) is 4.51. The van der Waals surface area contributed by atoms with E-state index in [1.54, 1.807) is 28.9 Å². The molecule has 1 heterocycles. The summed E-state index contributed by atoms with van der Waals surface area (Å²) in [5.74, 6) is 0.367. The van der Waals surface area contributed by atoms with Crippen LogP contribution in [0.4, 0.5) is 0 Å². The molecule has 1 aromatic carbocycles. The highest BCUT2D eigenvalue weighted by atomic mass is 35.5. The lowest BCUT2D eigenvalue weighted by Gasteiger charge is -2.02. The van der Waals surface area contributed by atoms with E-state index in [0.717, 1.165) is 24.2 Å². The molecule has 5 heteroatoms.